The number of allylic oxidation sites excluding steroid dienone is 8. The van der Waals surface area contributed by atoms with Crippen molar-refractivity contribution in [3.63, 3.8) is 0 Å². The number of amides is 2. The third-order valence-corrected chi connectivity index (χ3v) is 15.0. The summed E-state index contributed by atoms with van der Waals surface area (Å²) in [6, 6.07) is 8.30. The molecule has 2 amide bonds. The zero-order valence-corrected chi connectivity index (χ0v) is 44.2. The van der Waals surface area contributed by atoms with E-state index in [1.54, 1.807) is 63.7 Å². The van der Waals surface area contributed by atoms with Gasteiger partial charge in [0.25, 0.3) is 11.8 Å². The molecule has 5 rings (SSSR count). The number of ether oxygens (including phenoxy) is 6. The molecule has 25 heteroatoms. The molecule has 408 valence electrons. The molecule has 3 aliphatic rings. The van der Waals surface area contributed by atoms with E-state index in [0.717, 1.165) is 5.70 Å². The lowest BCUT2D eigenvalue weighted by atomic mass is 9.76. The Hall–Kier alpha value is -5.03. The monoisotopic (exact) mass is 1090 g/mol. The number of hydrogen-bond donors (Lipinski definition) is 0. The molecule has 0 radical (unpaired) electrons. The zero-order chi connectivity index (χ0) is 54.2. The van der Waals surface area contributed by atoms with Crippen LogP contribution in [-0.2, 0) is 88.8 Å². The fraction of sp³-hybridized carbons (Fsp3) is 0.510. The number of benzene rings is 2. The van der Waals surface area contributed by atoms with E-state index in [2.05, 4.69) is 0 Å². The van der Waals surface area contributed by atoms with E-state index in [1.807, 2.05) is 22.5 Å². The van der Waals surface area contributed by atoms with Crippen molar-refractivity contribution in [1.29, 1.82) is 0 Å². The van der Waals surface area contributed by atoms with Crippen LogP contribution in [0.5, 0.6) is 0 Å². The van der Waals surface area contributed by atoms with Crippen LogP contribution in [0.2, 0.25) is 0 Å². The van der Waals surface area contributed by atoms with E-state index in [0.29, 0.717) is 72.6 Å². The Morgan fingerprint density at radius 1 is 0.676 bits per heavy atom. The third kappa shape index (κ3) is 16.2. The molecule has 0 N–H and O–H groups in total. The van der Waals surface area contributed by atoms with Crippen LogP contribution in [0.1, 0.15) is 63.5 Å². The van der Waals surface area contributed by atoms with E-state index in [-0.39, 0.29) is 83.2 Å². The average molecular weight is 1090 g/mol. The summed E-state index contributed by atoms with van der Waals surface area (Å²) in [6.07, 6.45) is 12.8. The number of carbonyl (C=O) groups is 3. The van der Waals surface area contributed by atoms with Gasteiger partial charge in [-0.25, -0.2) is 30.0 Å². The first kappa shape index (κ1) is 59.8. The largest absolute Gasteiger partial charge is 0.748 e. The molecule has 2 aromatic carbocycles. The fourth-order valence-corrected chi connectivity index (χ4v) is 10.3. The van der Waals surface area contributed by atoms with E-state index < -0.39 is 69.6 Å². The molecule has 22 nitrogen and oxygen atoms in total. The van der Waals surface area contributed by atoms with Crippen LogP contribution in [0.3, 0.4) is 0 Å². The van der Waals surface area contributed by atoms with Crippen LogP contribution < -0.4 is 4.90 Å². The molecule has 0 bridgehead atoms. The first-order chi connectivity index (χ1) is 35.0. The lowest BCUT2D eigenvalue weighted by Crippen LogP contribution is -2.32. The molecule has 0 aliphatic carbocycles. The number of nitrogens with zero attached hydrogens (tertiary/aromatic N) is 3. The first-order valence-electron chi connectivity index (χ1n) is 23.7. The smallest absolute Gasteiger partial charge is 0.335 e. The van der Waals surface area contributed by atoms with Gasteiger partial charge >= 0.3 is 5.97 Å². The second kappa shape index (κ2) is 27.1. The second-order valence-electron chi connectivity index (χ2n) is 17.6. The summed E-state index contributed by atoms with van der Waals surface area (Å²) in [4.78, 5) is 41.2. The van der Waals surface area contributed by atoms with Gasteiger partial charge in [0.2, 0.25) is 5.69 Å². The lowest BCUT2D eigenvalue weighted by molar-refractivity contribution is -0.442. The summed E-state index contributed by atoms with van der Waals surface area (Å²) in [6.45, 7) is 6.53. The molecule has 1 saturated heterocycles. The van der Waals surface area contributed by atoms with Crippen molar-refractivity contribution >= 4 is 65.2 Å². The van der Waals surface area contributed by atoms with Gasteiger partial charge in [-0.3, -0.25) is 9.59 Å². The van der Waals surface area contributed by atoms with Crippen molar-refractivity contribution in [2.24, 2.45) is 0 Å². The molecule has 3 heterocycles. The van der Waals surface area contributed by atoms with Crippen LogP contribution >= 0.6 is 0 Å². The summed E-state index contributed by atoms with van der Waals surface area (Å²) in [7, 11) is -11.1. The van der Waals surface area contributed by atoms with E-state index in [4.69, 9.17) is 33.3 Å². The van der Waals surface area contributed by atoms with Gasteiger partial charge < -0.3 is 51.8 Å². The molecule has 2 atom stereocenters. The molecule has 0 spiro atoms. The summed E-state index contributed by atoms with van der Waals surface area (Å²) in [5.41, 5.74) is 1.89. The predicted molar refractivity (Wildman–Crippen MR) is 263 cm³/mol. The van der Waals surface area contributed by atoms with Gasteiger partial charge in [0, 0.05) is 80.5 Å². The van der Waals surface area contributed by atoms with Crippen LogP contribution in [0, 0.1) is 0 Å². The molecule has 2 unspecified atom stereocenters. The minimum atomic E-state index is -4.86. The molecular formula is C49H63N3O19S3-2. The highest BCUT2D eigenvalue weighted by atomic mass is 32.2. The van der Waals surface area contributed by atoms with Crippen LogP contribution in [0.15, 0.2) is 94.4 Å². The Kier molecular flexibility index (Phi) is 22.0. The van der Waals surface area contributed by atoms with Crippen LogP contribution in [0.4, 0.5) is 11.4 Å². The SMILES string of the molecule is COCCOCC[N+]1=C(/C=C/C=C/C=C/C=C2/N(CCOCCOCCOCCC(=O)ON3C(=O)CCC3=O)c3ccc(S(=O)(=O)[O-])cc3C2(C)CCOC)C(C)(CCCS(=O)(=O)[O-])c2cc(S(=O)(=O)[O-])ccc21. The zero-order valence-electron chi connectivity index (χ0n) is 41.8. The maximum atomic E-state index is 12.2. The van der Waals surface area contributed by atoms with Crippen LogP contribution in [-0.4, -0.2) is 171 Å². The van der Waals surface area contributed by atoms with Gasteiger partial charge in [-0.15, -0.1) is 5.06 Å². The molecule has 1 fully saturated rings. The van der Waals surface area contributed by atoms with Crippen molar-refractivity contribution in [3.05, 3.63) is 95.8 Å². The number of hydroxylamine groups is 2. The van der Waals surface area contributed by atoms with Crippen molar-refractivity contribution < 1.29 is 91.1 Å². The Morgan fingerprint density at radius 3 is 1.88 bits per heavy atom. The minimum absolute atomic E-state index is 0.00263. The molecule has 0 saturated carbocycles. The topological polar surface area (TPSA) is 297 Å². The minimum Gasteiger partial charge on any atom is -0.748 e. The Balaban J connectivity index is 1.30. The Labute approximate surface area is 432 Å². The Bertz CT molecular complexity index is 2810. The number of anilines is 1. The fourth-order valence-electron chi connectivity index (χ4n) is 8.84. The highest BCUT2D eigenvalue weighted by molar-refractivity contribution is 7.86. The maximum absolute atomic E-state index is 12.2. The van der Waals surface area contributed by atoms with Gasteiger partial charge in [0.15, 0.2) is 12.3 Å². The number of hydrogen-bond acceptors (Lipinski definition) is 20. The van der Waals surface area contributed by atoms with Gasteiger partial charge in [-0.2, -0.15) is 4.58 Å². The second-order valence-corrected chi connectivity index (χ2v) is 21.9. The standard InChI is InChI=1S/C49H65N3O19S3/c1-48(20-10-34-72(56,57)58)39-35-37(73(59,60)61)13-15-41(39)50(22-26-68-29-28-66-4)43(48)11-8-6-5-7-9-12-44-49(2,21-25-65-3)40-36-38(74(62,63)64)14-16-42(40)51(44)23-27-69-31-33-70-32-30-67-24-19-47(55)71-52-45(53)17-18-46(52)54/h5-9,11-16,35-36H,10,17-34H2,1-4H3,(H2-,56,57,58,59,60,61,62,63,64)/p-2. The van der Waals surface area contributed by atoms with Gasteiger partial charge in [-0.1, -0.05) is 30.4 Å². The van der Waals surface area contributed by atoms with E-state index >= 15 is 0 Å². The maximum Gasteiger partial charge on any atom is 0.335 e. The highest BCUT2D eigenvalue weighted by Crippen LogP contribution is 2.51. The van der Waals surface area contributed by atoms with Gasteiger partial charge in [0.05, 0.1) is 84.6 Å². The van der Waals surface area contributed by atoms with Crippen molar-refractivity contribution in [2.45, 2.75) is 73.0 Å². The Morgan fingerprint density at radius 2 is 1.24 bits per heavy atom. The highest BCUT2D eigenvalue weighted by Gasteiger charge is 2.48. The number of carbonyl (C=O) groups excluding carboxylic acids is 3. The van der Waals surface area contributed by atoms with Crippen LogP contribution in [0.25, 0.3) is 0 Å². The number of methoxy groups -OCH3 is 2. The number of fused-ring (bicyclic) bond motifs is 2. The molecule has 3 aliphatic heterocycles. The summed E-state index contributed by atoms with van der Waals surface area (Å²) < 4.78 is 143. The molecule has 0 aromatic heterocycles. The van der Waals surface area contributed by atoms with Gasteiger partial charge in [-0.05, 0) is 75.1 Å². The van der Waals surface area contributed by atoms with E-state index in [1.165, 1.54) is 30.3 Å². The molecule has 2 aromatic rings. The van der Waals surface area contributed by atoms with E-state index in [9.17, 15) is 53.3 Å². The van der Waals surface area contributed by atoms with Crippen molar-refractivity contribution in [3.8, 4) is 0 Å². The predicted octanol–water partition coefficient (Wildman–Crippen LogP) is 3.25. The van der Waals surface area contributed by atoms with Crippen molar-refractivity contribution in [1.82, 2.24) is 5.06 Å². The number of rotatable bonds is 32. The average Bonchev–Trinajstić information content (AvgIpc) is 3.86. The first-order valence-corrected chi connectivity index (χ1v) is 28.1. The molecular weight excluding hydrogens is 1030 g/mol. The summed E-state index contributed by atoms with van der Waals surface area (Å²) >= 11 is 0. The molecule has 74 heavy (non-hydrogen) atoms. The normalized spacial score (nSPS) is 19.9. The lowest BCUT2D eigenvalue weighted by Gasteiger charge is -2.30. The van der Waals surface area contributed by atoms with Crippen molar-refractivity contribution in [2.75, 3.05) is 104 Å². The summed E-state index contributed by atoms with van der Waals surface area (Å²) in [5.74, 6) is -2.56. The quantitative estimate of drug-likeness (QED) is 0.0334. The van der Waals surface area contributed by atoms with Gasteiger partial charge in [0.1, 0.15) is 26.8 Å². The number of imide groups is 1. The third-order valence-electron chi connectivity index (χ3n) is 12.6. The summed E-state index contributed by atoms with van der Waals surface area (Å²) in [5, 5.41) is 0.478.